The third-order valence-corrected chi connectivity index (χ3v) is 10.7. The van der Waals surface area contributed by atoms with E-state index in [-0.39, 0.29) is 28.2 Å². The molecule has 5 aromatic rings. The summed E-state index contributed by atoms with van der Waals surface area (Å²) in [4.78, 5) is 35.3. The first-order valence-corrected chi connectivity index (χ1v) is 23.2. The van der Waals surface area contributed by atoms with Crippen LogP contribution in [0.2, 0.25) is 0 Å². The number of ether oxygens (including phenoxy) is 4. The van der Waals surface area contributed by atoms with Crippen LogP contribution in [0.1, 0.15) is 154 Å². The Morgan fingerprint density at radius 1 is 0.484 bits per heavy atom. The highest BCUT2D eigenvalue weighted by Crippen LogP contribution is 2.30. The van der Waals surface area contributed by atoms with E-state index in [0.717, 1.165) is 35.5 Å². The van der Waals surface area contributed by atoms with E-state index in [1.54, 1.807) is 67.0 Å². The molecule has 5 rings (SSSR count). The topological polar surface area (TPSA) is 120 Å². The molecule has 9 heteroatoms. The van der Waals surface area contributed by atoms with Gasteiger partial charge in [-0.2, -0.15) is 5.26 Å². The average Bonchev–Trinajstić information content (AvgIpc) is 3.32. The Hall–Kier alpha value is -6.53. The van der Waals surface area contributed by atoms with Crippen molar-refractivity contribution in [2.24, 2.45) is 9.98 Å². The quantitative estimate of drug-likeness (QED) is 0.0212. The van der Waals surface area contributed by atoms with Gasteiger partial charge in [-0.05, 0) is 133 Å². The second-order valence-electron chi connectivity index (χ2n) is 15.9. The fraction of sp³-hybridized carbons (Fsp3) is 0.364. The van der Waals surface area contributed by atoms with Crippen LogP contribution >= 0.6 is 0 Å². The monoisotopic (exact) mass is 861 g/mol. The molecule has 0 spiro atoms. The number of carbonyl (C=O) groups is 2. The number of aliphatic imine (C=N–C) groups is 2. The maximum Gasteiger partial charge on any atom is 0.343 e. The van der Waals surface area contributed by atoms with Gasteiger partial charge in [0, 0.05) is 12.4 Å². The van der Waals surface area contributed by atoms with Gasteiger partial charge in [-0.25, -0.2) is 9.59 Å². The third kappa shape index (κ3) is 17.3. The van der Waals surface area contributed by atoms with Gasteiger partial charge in [0.25, 0.3) is 0 Å². The van der Waals surface area contributed by atoms with Crippen LogP contribution in [0.4, 0.5) is 11.4 Å². The van der Waals surface area contributed by atoms with E-state index >= 15 is 0 Å². The third-order valence-electron chi connectivity index (χ3n) is 10.7. The van der Waals surface area contributed by atoms with Crippen molar-refractivity contribution < 1.29 is 28.5 Å². The predicted octanol–water partition coefficient (Wildman–Crippen LogP) is 14.5. The van der Waals surface area contributed by atoms with E-state index in [1.165, 1.54) is 102 Å². The zero-order valence-electron chi connectivity index (χ0n) is 37.6. The molecule has 0 amide bonds. The van der Waals surface area contributed by atoms with E-state index in [1.807, 2.05) is 54.6 Å². The van der Waals surface area contributed by atoms with Gasteiger partial charge in [0.1, 0.15) is 23.1 Å². The smallest absolute Gasteiger partial charge is 0.343 e. The molecule has 0 bridgehead atoms. The molecule has 334 valence electrons. The zero-order valence-corrected chi connectivity index (χ0v) is 37.6. The highest BCUT2D eigenvalue weighted by molar-refractivity contribution is 5.93. The maximum atomic E-state index is 13.1. The summed E-state index contributed by atoms with van der Waals surface area (Å²) in [6.45, 7) is 5.92. The summed E-state index contributed by atoms with van der Waals surface area (Å²) in [6.07, 6.45) is 23.7. The molecular formula is C55H63N3O6. The fourth-order valence-corrected chi connectivity index (χ4v) is 6.93. The van der Waals surface area contributed by atoms with Crippen molar-refractivity contribution >= 4 is 35.7 Å². The van der Waals surface area contributed by atoms with Crippen molar-refractivity contribution in [3.8, 4) is 29.1 Å². The highest BCUT2D eigenvalue weighted by atomic mass is 16.5. The molecule has 0 saturated heterocycles. The molecule has 0 radical (unpaired) electrons. The van der Waals surface area contributed by atoms with Crippen LogP contribution in [-0.2, 0) is 0 Å². The molecule has 0 atom stereocenters. The van der Waals surface area contributed by atoms with E-state index in [4.69, 9.17) is 18.9 Å². The molecule has 0 N–H and O–H groups in total. The fourth-order valence-electron chi connectivity index (χ4n) is 6.93. The van der Waals surface area contributed by atoms with Crippen LogP contribution in [-0.4, -0.2) is 37.6 Å². The molecule has 0 aliphatic heterocycles. The summed E-state index contributed by atoms with van der Waals surface area (Å²) in [5, 5.41) is 9.99. The van der Waals surface area contributed by atoms with Crippen LogP contribution in [0.3, 0.4) is 0 Å². The lowest BCUT2D eigenvalue weighted by Gasteiger charge is -2.10. The Morgan fingerprint density at radius 2 is 0.844 bits per heavy atom. The van der Waals surface area contributed by atoms with Crippen molar-refractivity contribution in [1.29, 1.82) is 5.26 Å². The number of esters is 2. The summed E-state index contributed by atoms with van der Waals surface area (Å²) in [6, 6.07) is 35.4. The van der Waals surface area contributed by atoms with Crippen molar-refractivity contribution in [3.63, 3.8) is 0 Å². The summed E-state index contributed by atoms with van der Waals surface area (Å²) >= 11 is 0. The van der Waals surface area contributed by atoms with Crippen molar-refractivity contribution in [2.75, 3.05) is 13.2 Å². The Bertz CT molecular complexity index is 2090. The molecule has 5 aromatic carbocycles. The first kappa shape index (κ1) is 48.5. The van der Waals surface area contributed by atoms with Gasteiger partial charge in [0.15, 0.2) is 11.5 Å². The van der Waals surface area contributed by atoms with Crippen LogP contribution in [0.15, 0.2) is 125 Å². The van der Waals surface area contributed by atoms with Gasteiger partial charge >= 0.3 is 11.9 Å². The standard InChI is InChI=1S/C55H63N3O6/c1-3-5-7-9-11-13-15-17-38-61-49-34-22-43(23-35-49)41-57-47-30-26-45(27-31-47)54(59)63-52-20-19-21-53(51(52)40-56)64-55(60)46-28-32-48(33-29-46)58-42-44-24-36-50(37-25-44)62-39-18-16-14-12-10-8-6-4-2/h19-37,41-42H,3-18,38-39H2,1-2H3. The van der Waals surface area contributed by atoms with Crippen LogP contribution in [0.25, 0.3) is 0 Å². The first-order valence-electron chi connectivity index (χ1n) is 23.2. The highest BCUT2D eigenvalue weighted by Gasteiger charge is 2.18. The lowest BCUT2D eigenvalue weighted by atomic mass is 10.1. The summed E-state index contributed by atoms with van der Waals surface area (Å²) in [7, 11) is 0. The predicted molar refractivity (Wildman–Crippen MR) is 258 cm³/mol. The van der Waals surface area contributed by atoms with Crippen LogP contribution < -0.4 is 18.9 Å². The van der Waals surface area contributed by atoms with Crippen molar-refractivity contribution in [3.05, 3.63) is 143 Å². The van der Waals surface area contributed by atoms with Crippen molar-refractivity contribution in [2.45, 2.75) is 117 Å². The number of benzene rings is 5. The SMILES string of the molecule is CCCCCCCCCCOc1ccc(C=Nc2ccc(C(=O)Oc3cccc(OC(=O)c4ccc(N=Cc5ccc(OCCCCCCCCCC)cc5)cc4)c3C#N)cc2)cc1. The normalized spacial score (nSPS) is 11.1. The Labute approximate surface area is 380 Å². The minimum Gasteiger partial charge on any atom is -0.494 e. The summed E-state index contributed by atoms with van der Waals surface area (Å²) in [5.74, 6) is 0.271. The second kappa shape index (κ2) is 28.2. The van der Waals surface area contributed by atoms with Crippen LogP contribution in [0.5, 0.6) is 23.0 Å². The molecular weight excluding hydrogens is 799 g/mol. The number of unbranched alkanes of at least 4 members (excludes halogenated alkanes) is 14. The molecule has 64 heavy (non-hydrogen) atoms. The Kier molecular flexibility index (Phi) is 21.4. The number of carbonyl (C=O) groups excluding carboxylic acids is 2. The molecule has 0 aromatic heterocycles. The van der Waals surface area contributed by atoms with E-state index in [2.05, 4.69) is 23.8 Å². The molecule has 0 aliphatic carbocycles. The van der Waals surface area contributed by atoms with Gasteiger partial charge in [0.2, 0.25) is 0 Å². The average molecular weight is 862 g/mol. The largest absolute Gasteiger partial charge is 0.494 e. The molecule has 0 heterocycles. The van der Waals surface area contributed by atoms with Gasteiger partial charge in [-0.3, -0.25) is 9.98 Å². The number of nitrogens with zero attached hydrogens (tertiary/aromatic N) is 3. The second-order valence-corrected chi connectivity index (χ2v) is 15.9. The van der Waals surface area contributed by atoms with Gasteiger partial charge in [-0.1, -0.05) is 110 Å². The minimum absolute atomic E-state index is 0.0297. The van der Waals surface area contributed by atoms with E-state index < -0.39 is 11.9 Å². The van der Waals surface area contributed by atoms with Gasteiger partial charge in [-0.15, -0.1) is 0 Å². The number of nitriles is 1. The molecule has 0 saturated carbocycles. The summed E-state index contributed by atoms with van der Waals surface area (Å²) in [5.41, 5.74) is 3.59. The van der Waals surface area contributed by atoms with Gasteiger partial charge < -0.3 is 18.9 Å². The zero-order chi connectivity index (χ0) is 45.0. The molecule has 0 fully saturated rings. The number of rotatable bonds is 28. The maximum absolute atomic E-state index is 13.1. The summed E-state index contributed by atoms with van der Waals surface area (Å²) < 4.78 is 23.0. The van der Waals surface area contributed by atoms with E-state index in [9.17, 15) is 14.9 Å². The molecule has 0 unspecified atom stereocenters. The lowest BCUT2D eigenvalue weighted by molar-refractivity contribution is 0.0731. The minimum atomic E-state index is -0.674. The van der Waals surface area contributed by atoms with Gasteiger partial charge in [0.05, 0.1) is 35.7 Å². The number of hydrogen-bond donors (Lipinski definition) is 0. The van der Waals surface area contributed by atoms with Crippen molar-refractivity contribution in [1.82, 2.24) is 0 Å². The molecule has 0 aliphatic rings. The van der Waals surface area contributed by atoms with E-state index in [0.29, 0.717) is 24.6 Å². The Morgan fingerprint density at radius 3 is 1.20 bits per heavy atom. The Balaban J connectivity index is 1.05. The number of hydrogen-bond acceptors (Lipinski definition) is 9. The van der Waals surface area contributed by atoms with Crippen LogP contribution in [0, 0.1) is 11.3 Å². The first-order chi connectivity index (χ1) is 31.4. The molecule has 9 nitrogen and oxygen atoms in total. The lowest BCUT2D eigenvalue weighted by Crippen LogP contribution is -2.12.